The van der Waals surface area contributed by atoms with Crippen LogP contribution in [0, 0.1) is 6.92 Å². The Kier molecular flexibility index (Phi) is 4.79. The van der Waals surface area contributed by atoms with Crippen LogP contribution < -0.4 is 10.6 Å². The second kappa shape index (κ2) is 7.17. The third kappa shape index (κ3) is 3.68. The number of aryl methyl sites for hydroxylation is 1. The molecule has 6 nitrogen and oxygen atoms in total. The van der Waals surface area contributed by atoms with Crippen LogP contribution >= 0.6 is 0 Å². The summed E-state index contributed by atoms with van der Waals surface area (Å²) in [5.41, 5.74) is 1.73. The maximum atomic E-state index is 12.6. The number of likely N-dealkylation sites (N-methyl/N-ethyl adjacent to an activating group) is 1. The zero-order chi connectivity index (χ0) is 17.8. The number of hydrogen-bond donors (Lipinski definition) is 2. The van der Waals surface area contributed by atoms with Crippen LogP contribution in [-0.4, -0.2) is 29.9 Å². The lowest BCUT2D eigenvalue weighted by Gasteiger charge is -2.09. The van der Waals surface area contributed by atoms with Gasteiger partial charge in [0.05, 0.1) is 17.6 Å². The van der Waals surface area contributed by atoms with Gasteiger partial charge in [-0.3, -0.25) is 9.59 Å². The minimum Gasteiger partial charge on any atom is -0.460 e. The average molecular weight is 337 g/mol. The zero-order valence-electron chi connectivity index (χ0n) is 14.1. The summed E-state index contributed by atoms with van der Waals surface area (Å²) < 4.78 is 5.63. The van der Waals surface area contributed by atoms with E-state index in [1.54, 1.807) is 6.07 Å². The van der Waals surface area contributed by atoms with Gasteiger partial charge in [-0.1, -0.05) is 18.2 Å². The molecule has 0 saturated carbocycles. The van der Waals surface area contributed by atoms with Crippen LogP contribution in [0.1, 0.15) is 23.0 Å². The Balaban J connectivity index is 1.97. The van der Waals surface area contributed by atoms with E-state index in [1.165, 1.54) is 0 Å². The zero-order valence-corrected chi connectivity index (χ0v) is 14.1. The quantitative estimate of drug-likeness (QED) is 0.750. The number of furan rings is 1. The number of fused-ring (bicyclic) bond motifs is 1. The fraction of sp³-hybridized carbons (Fsp3) is 0.211. The Labute approximate surface area is 145 Å². The predicted octanol–water partition coefficient (Wildman–Crippen LogP) is 2.67. The van der Waals surface area contributed by atoms with Crippen LogP contribution in [0.2, 0.25) is 0 Å². The van der Waals surface area contributed by atoms with Gasteiger partial charge in [-0.05, 0) is 38.1 Å². The van der Waals surface area contributed by atoms with E-state index in [0.717, 1.165) is 11.1 Å². The molecule has 3 rings (SSSR count). The Morgan fingerprint density at radius 1 is 1.12 bits per heavy atom. The highest BCUT2D eigenvalue weighted by Crippen LogP contribution is 2.26. The molecule has 0 spiro atoms. The number of pyridine rings is 1. The maximum absolute atomic E-state index is 12.6. The number of aromatic nitrogens is 1. The maximum Gasteiger partial charge on any atom is 0.252 e. The summed E-state index contributed by atoms with van der Waals surface area (Å²) in [7, 11) is 0. The highest BCUT2D eigenvalue weighted by molar-refractivity contribution is 6.07. The molecule has 3 aromatic rings. The van der Waals surface area contributed by atoms with Crippen LogP contribution in [0.15, 0.2) is 46.9 Å². The third-order valence-corrected chi connectivity index (χ3v) is 3.74. The molecular formula is C19H19N3O3. The Bertz CT molecular complexity index is 931. The van der Waals surface area contributed by atoms with Crippen molar-refractivity contribution in [3.8, 4) is 11.5 Å². The van der Waals surface area contributed by atoms with Crippen LogP contribution in [0.3, 0.4) is 0 Å². The summed E-state index contributed by atoms with van der Waals surface area (Å²) in [6, 6.07) is 12.7. The molecule has 0 atom stereocenters. The van der Waals surface area contributed by atoms with E-state index in [9.17, 15) is 9.59 Å². The SMILES string of the molecule is CCNC(=O)CNC(=O)c1cc(-c2ccc(C)o2)nc2ccccc12. The van der Waals surface area contributed by atoms with Crippen molar-refractivity contribution in [2.45, 2.75) is 13.8 Å². The molecule has 2 aromatic heterocycles. The normalized spacial score (nSPS) is 10.6. The molecule has 0 aliphatic heterocycles. The second-order valence-electron chi connectivity index (χ2n) is 5.62. The van der Waals surface area contributed by atoms with Crippen molar-refractivity contribution in [3.05, 3.63) is 53.8 Å². The largest absolute Gasteiger partial charge is 0.460 e. The monoisotopic (exact) mass is 337 g/mol. The van der Waals surface area contributed by atoms with E-state index in [4.69, 9.17) is 4.42 Å². The van der Waals surface area contributed by atoms with Gasteiger partial charge >= 0.3 is 0 Å². The van der Waals surface area contributed by atoms with Crippen molar-refractivity contribution < 1.29 is 14.0 Å². The summed E-state index contributed by atoms with van der Waals surface area (Å²) in [4.78, 5) is 28.8. The molecule has 0 unspecified atom stereocenters. The first-order valence-corrected chi connectivity index (χ1v) is 8.10. The average Bonchev–Trinajstić information content (AvgIpc) is 3.05. The molecule has 0 aliphatic rings. The number of carbonyl (C=O) groups is 2. The van der Waals surface area contributed by atoms with Gasteiger partial charge in [-0.2, -0.15) is 0 Å². The summed E-state index contributed by atoms with van der Waals surface area (Å²) in [6.45, 7) is 4.13. The number of hydrogen-bond acceptors (Lipinski definition) is 4. The molecule has 0 bridgehead atoms. The minimum atomic E-state index is -0.325. The fourth-order valence-corrected chi connectivity index (χ4v) is 2.58. The van der Waals surface area contributed by atoms with Crippen LogP contribution in [0.4, 0.5) is 0 Å². The summed E-state index contributed by atoms with van der Waals surface area (Å²) in [6.07, 6.45) is 0. The Morgan fingerprint density at radius 3 is 2.64 bits per heavy atom. The number of rotatable bonds is 5. The molecule has 2 N–H and O–H groups in total. The highest BCUT2D eigenvalue weighted by Gasteiger charge is 2.16. The van der Waals surface area contributed by atoms with Crippen molar-refractivity contribution in [2.24, 2.45) is 0 Å². The lowest BCUT2D eigenvalue weighted by molar-refractivity contribution is -0.120. The lowest BCUT2D eigenvalue weighted by atomic mass is 10.1. The van der Waals surface area contributed by atoms with Gasteiger partial charge < -0.3 is 15.1 Å². The number of carbonyl (C=O) groups excluding carboxylic acids is 2. The van der Waals surface area contributed by atoms with E-state index < -0.39 is 0 Å². The fourth-order valence-electron chi connectivity index (χ4n) is 2.58. The minimum absolute atomic E-state index is 0.0709. The van der Waals surface area contributed by atoms with Gasteiger partial charge in [0.25, 0.3) is 5.91 Å². The van der Waals surface area contributed by atoms with Crippen LogP contribution in [-0.2, 0) is 4.79 Å². The smallest absolute Gasteiger partial charge is 0.252 e. The highest BCUT2D eigenvalue weighted by atomic mass is 16.3. The molecule has 2 amide bonds. The summed E-state index contributed by atoms with van der Waals surface area (Å²) >= 11 is 0. The molecule has 128 valence electrons. The van der Waals surface area contributed by atoms with Gasteiger partial charge in [0.15, 0.2) is 5.76 Å². The molecule has 6 heteroatoms. The van der Waals surface area contributed by atoms with Gasteiger partial charge in [-0.25, -0.2) is 4.98 Å². The van der Waals surface area contributed by atoms with E-state index in [2.05, 4.69) is 15.6 Å². The van der Waals surface area contributed by atoms with Crippen molar-refractivity contribution in [3.63, 3.8) is 0 Å². The second-order valence-corrected chi connectivity index (χ2v) is 5.62. The standard InChI is InChI=1S/C19H19N3O3/c1-3-20-18(23)11-21-19(24)14-10-16(17-9-8-12(2)25-17)22-15-7-5-4-6-13(14)15/h4-10H,3,11H2,1-2H3,(H,20,23)(H,21,24). The van der Waals surface area contributed by atoms with Gasteiger partial charge in [0, 0.05) is 11.9 Å². The number of nitrogens with one attached hydrogen (secondary N) is 2. The Hall–Kier alpha value is -3.15. The molecule has 0 saturated heterocycles. The van der Waals surface area contributed by atoms with Crippen LogP contribution in [0.5, 0.6) is 0 Å². The van der Waals surface area contributed by atoms with Crippen molar-refractivity contribution in [1.29, 1.82) is 0 Å². The van der Waals surface area contributed by atoms with Crippen molar-refractivity contribution in [2.75, 3.05) is 13.1 Å². The van der Waals surface area contributed by atoms with Gasteiger partial charge in [-0.15, -0.1) is 0 Å². The van der Waals surface area contributed by atoms with Gasteiger partial charge in [0.2, 0.25) is 5.91 Å². The van der Waals surface area contributed by atoms with Crippen LogP contribution in [0.25, 0.3) is 22.4 Å². The first-order valence-electron chi connectivity index (χ1n) is 8.10. The molecule has 25 heavy (non-hydrogen) atoms. The molecule has 0 radical (unpaired) electrons. The van der Waals surface area contributed by atoms with Crippen molar-refractivity contribution >= 4 is 22.7 Å². The predicted molar refractivity (Wildman–Crippen MR) is 95.2 cm³/mol. The molecule has 2 heterocycles. The number of para-hydroxylation sites is 1. The van der Waals surface area contributed by atoms with Gasteiger partial charge in [0.1, 0.15) is 11.5 Å². The molecular weight excluding hydrogens is 318 g/mol. The summed E-state index contributed by atoms with van der Waals surface area (Å²) in [5, 5.41) is 6.02. The number of benzene rings is 1. The topological polar surface area (TPSA) is 84.2 Å². The van der Waals surface area contributed by atoms with E-state index in [1.807, 2.05) is 50.2 Å². The van der Waals surface area contributed by atoms with E-state index in [0.29, 0.717) is 29.1 Å². The first-order chi connectivity index (χ1) is 12.1. The van der Waals surface area contributed by atoms with E-state index >= 15 is 0 Å². The molecule has 1 aromatic carbocycles. The molecule has 0 fully saturated rings. The number of nitrogens with zero attached hydrogens (tertiary/aromatic N) is 1. The summed E-state index contributed by atoms with van der Waals surface area (Å²) in [5.74, 6) is 0.818. The van der Waals surface area contributed by atoms with Crippen molar-refractivity contribution in [1.82, 2.24) is 15.6 Å². The molecule has 0 aliphatic carbocycles. The number of amides is 2. The Morgan fingerprint density at radius 2 is 1.92 bits per heavy atom. The first kappa shape index (κ1) is 16.7. The lowest BCUT2D eigenvalue weighted by Crippen LogP contribution is -2.36. The third-order valence-electron chi connectivity index (χ3n) is 3.74. The van der Waals surface area contributed by atoms with E-state index in [-0.39, 0.29) is 18.4 Å².